The van der Waals surface area contributed by atoms with E-state index < -0.39 is 16.6 Å². The van der Waals surface area contributed by atoms with Gasteiger partial charge in [0.1, 0.15) is 0 Å². The van der Waals surface area contributed by atoms with Crippen LogP contribution in [0.3, 0.4) is 0 Å². The Bertz CT molecular complexity index is 1080. The van der Waals surface area contributed by atoms with Crippen molar-refractivity contribution in [1.82, 2.24) is 0 Å². The van der Waals surface area contributed by atoms with Gasteiger partial charge in [-0.25, -0.2) is 0 Å². The van der Waals surface area contributed by atoms with Gasteiger partial charge >= 0.3 is 0 Å². The molecule has 1 N–H and O–H groups in total. The van der Waals surface area contributed by atoms with Crippen molar-refractivity contribution in [2.75, 3.05) is 0 Å². The summed E-state index contributed by atoms with van der Waals surface area (Å²) in [7, 11) is -3.88. The van der Waals surface area contributed by atoms with E-state index in [2.05, 4.69) is 106 Å². The topological polar surface area (TPSA) is 38.7 Å². The highest BCUT2D eigenvalue weighted by molar-refractivity contribution is 6.74. The van der Waals surface area contributed by atoms with Crippen LogP contribution in [0, 0.1) is 29.6 Å². The molecule has 4 fully saturated rings. The van der Waals surface area contributed by atoms with Gasteiger partial charge in [-0.1, -0.05) is 84.9 Å². The summed E-state index contributed by atoms with van der Waals surface area (Å²) in [6, 6.07) is 0. The van der Waals surface area contributed by atoms with Crippen LogP contribution in [0.5, 0.6) is 0 Å². The lowest BCUT2D eigenvalue weighted by Crippen LogP contribution is -2.49. The van der Waals surface area contributed by atoms with Crippen molar-refractivity contribution in [3.05, 3.63) is 47.6 Å². The van der Waals surface area contributed by atoms with Crippen LogP contribution in [-0.2, 0) is 8.85 Å². The van der Waals surface area contributed by atoms with Gasteiger partial charge in [0.05, 0.1) is 18.3 Å². The summed E-state index contributed by atoms with van der Waals surface area (Å²) < 4.78 is 14.1. The van der Waals surface area contributed by atoms with Gasteiger partial charge in [-0.15, -0.1) is 0 Å². The summed E-state index contributed by atoms with van der Waals surface area (Å²) in [5, 5.41) is 10.7. The van der Waals surface area contributed by atoms with Gasteiger partial charge in [-0.3, -0.25) is 0 Å². The average Bonchev–Trinajstić information content (AvgIpc) is 3.65. The minimum absolute atomic E-state index is 0.0302. The molecule has 0 radical (unpaired) electrons. The minimum Gasteiger partial charge on any atom is -0.413 e. The lowest BCUT2D eigenvalue weighted by molar-refractivity contribution is 0.0970. The van der Waals surface area contributed by atoms with Gasteiger partial charge in [-0.2, -0.15) is 0 Å². The van der Waals surface area contributed by atoms with E-state index in [1.807, 2.05) is 0 Å². The Hall–Kier alpha value is -0.726. The molecule has 0 aliphatic heterocycles. The number of rotatable bonds is 9. The summed E-state index contributed by atoms with van der Waals surface area (Å²) >= 11 is 0. The molecular weight excluding hydrogens is 561 g/mol. The van der Waals surface area contributed by atoms with E-state index in [0.29, 0.717) is 17.8 Å². The Kier molecular flexibility index (Phi) is 10.8. The Labute approximate surface area is 267 Å². The number of hydrogen-bond acceptors (Lipinski definition) is 3. The van der Waals surface area contributed by atoms with E-state index in [0.717, 1.165) is 24.7 Å². The van der Waals surface area contributed by atoms with Gasteiger partial charge < -0.3 is 14.0 Å². The molecule has 3 nitrogen and oxygen atoms in total. The standard InChI is InChI=1S/C38H66O3Si2/c1-26(16-23-35(39)29-18-19-29)32-21-22-33-28(14-13-15-34(32)33)17-20-30-24-31(40-42(9,10)37(3,4)5)25-36(27(30)2)41-43(11,12)38(6,7)8/h16-17,20,23,26,29,31-36,39H,2,13-15,18-19,21-22,24-25H2,1,3-12H3/b23-16+,28-17-,30-20-/t26-,31-,32-,33+,34-,35?,36+/m1/s1. The molecule has 4 rings (SSSR count). The highest BCUT2D eigenvalue weighted by atomic mass is 28.4. The molecule has 0 amide bonds. The van der Waals surface area contributed by atoms with Crippen LogP contribution in [0.15, 0.2) is 47.6 Å². The lowest BCUT2D eigenvalue weighted by Gasteiger charge is -2.45. The average molecular weight is 627 g/mol. The first-order chi connectivity index (χ1) is 19.8. The molecule has 0 aromatic carbocycles. The second-order valence-electron chi connectivity index (χ2n) is 17.7. The molecule has 4 aliphatic carbocycles. The SMILES string of the molecule is C=C1/C(=C\C=C2\CCC[C@@H]3[C@@H]([C@H](C)/C=C/C(O)C4CC4)CC[C@@H]23)C[C@@H](O[Si](C)(C)C(C)(C)C)C[C@@H]1O[Si](C)(C)C(C)(C)C. The van der Waals surface area contributed by atoms with Gasteiger partial charge in [0.15, 0.2) is 16.6 Å². The van der Waals surface area contributed by atoms with Crippen molar-refractivity contribution in [2.24, 2.45) is 29.6 Å². The molecule has 0 bridgehead atoms. The van der Waals surface area contributed by atoms with Gasteiger partial charge in [0.25, 0.3) is 0 Å². The predicted molar refractivity (Wildman–Crippen MR) is 189 cm³/mol. The van der Waals surface area contributed by atoms with Crippen molar-refractivity contribution in [3.8, 4) is 0 Å². The highest BCUT2D eigenvalue weighted by Gasteiger charge is 2.45. The number of fused-ring (bicyclic) bond motifs is 1. The maximum absolute atomic E-state index is 10.4. The lowest BCUT2D eigenvalue weighted by atomic mass is 9.72. The van der Waals surface area contributed by atoms with Gasteiger partial charge in [-0.05, 0) is 128 Å². The third kappa shape index (κ3) is 8.36. The zero-order chi connectivity index (χ0) is 32.0. The van der Waals surface area contributed by atoms with E-state index >= 15 is 0 Å². The third-order valence-corrected chi connectivity index (χ3v) is 21.5. The first-order valence-electron chi connectivity index (χ1n) is 17.6. The summed E-state index contributed by atoms with van der Waals surface area (Å²) in [5.41, 5.74) is 4.18. The zero-order valence-electron chi connectivity index (χ0n) is 29.8. The largest absolute Gasteiger partial charge is 0.413 e. The Morgan fingerprint density at radius 1 is 0.860 bits per heavy atom. The fourth-order valence-electron chi connectivity index (χ4n) is 7.35. The van der Waals surface area contributed by atoms with E-state index in [9.17, 15) is 5.11 Å². The molecular formula is C38H66O3Si2. The molecule has 5 heteroatoms. The molecule has 0 aromatic rings. The van der Waals surface area contributed by atoms with E-state index in [1.54, 1.807) is 5.57 Å². The van der Waals surface area contributed by atoms with Crippen molar-refractivity contribution in [3.63, 3.8) is 0 Å². The fourth-order valence-corrected chi connectivity index (χ4v) is 10.0. The fraction of sp³-hybridized carbons (Fsp3) is 0.789. The van der Waals surface area contributed by atoms with E-state index in [-0.39, 0.29) is 28.4 Å². The maximum Gasteiger partial charge on any atom is 0.192 e. The van der Waals surface area contributed by atoms with Crippen LogP contribution in [0.1, 0.15) is 106 Å². The van der Waals surface area contributed by atoms with Crippen LogP contribution >= 0.6 is 0 Å². The van der Waals surface area contributed by atoms with Crippen molar-refractivity contribution < 1.29 is 14.0 Å². The van der Waals surface area contributed by atoms with Crippen LogP contribution in [0.2, 0.25) is 36.3 Å². The first-order valence-corrected chi connectivity index (χ1v) is 23.4. The molecule has 244 valence electrons. The van der Waals surface area contributed by atoms with E-state index in [1.165, 1.54) is 56.1 Å². The summed E-state index contributed by atoms with van der Waals surface area (Å²) in [6.07, 6.45) is 20.1. The highest BCUT2D eigenvalue weighted by Crippen LogP contribution is 2.51. The third-order valence-electron chi connectivity index (χ3n) is 12.5. The zero-order valence-corrected chi connectivity index (χ0v) is 31.8. The number of hydrogen-bond donors (Lipinski definition) is 1. The quantitative estimate of drug-likeness (QED) is 0.204. The van der Waals surface area contributed by atoms with Crippen molar-refractivity contribution in [1.29, 1.82) is 0 Å². The molecule has 4 aliphatic rings. The maximum atomic E-state index is 10.4. The molecule has 0 saturated heterocycles. The monoisotopic (exact) mass is 626 g/mol. The summed E-state index contributed by atoms with van der Waals surface area (Å²) in [5.74, 6) is 3.27. The normalized spacial score (nSPS) is 32.9. The van der Waals surface area contributed by atoms with Gasteiger partial charge in [0.2, 0.25) is 0 Å². The molecule has 7 atom stereocenters. The van der Waals surface area contributed by atoms with Crippen LogP contribution < -0.4 is 0 Å². The van der Waals surface area contributed by atoms with E-state index in [4.69, 9.17) is 8.85 Å². The molecule has 0 aromatic heterocycles. The smallest absolute Gasteiger partial charge is 0.192 e. The number of aliphatic hydroxyl groups excluding tert-OH is 1. The predicted octanol–water partition coefficient (Wildman–Crippen LogP) is 10.8. The summed E-state index contributed by atoms with van der Waals surface area (Å²) in [6.45, 7) is 30.6. The Balaban J connectivity index is 1.54. The molecule has 43 heavy (non-hydrogen) atoms. The minimum atomic E-state index is -1.97. The molecule has 4 saturated carbocycles. The van der Waals surface area contributed by atoms with Crippen LogP contribution in [0.25, 0.3) is 0 Å². The van der Waals surface area contributed by atoms with Crippen molar-refractivity contribution >= 4 is 16.6 Å². The summed E-state index contributed by atoms with van der Waals surface area (Å²) in [4.78, 5) is 0. The number of allylic oxidation sites excluding steroid dienone is 4. The van der Waals surface area contributed by atoms with Crippen LogP contribution in [-0.4, -0.2) is 40.1 Å². The Morgan fingerprint density at radius 3 is 2.09 bits per heavy atom. The number of aliphatic hydroxyl groups is 1. The molecule has 0 spiro atoms. The Morgan fingerprint density at radius 2 is 1.49 bits per heavy atom. The second kappa shape index (κ2) is 13.2. The van der Waals surface area contributed by atoms with Crippen molar-refractivity contribution in [2.45, 2.75) is 161 Å². The van der Waals surface area contributed by atoms with Gasteiger partial charge in [0, 0.05) is 6.42 Å². The molecule has 0 heterocycles. The second-order valence-corrected chi connectivity index (χ2v) is 27.3. The first kappa shape index (κ1) is 35.1. The van der Waals surface area contributed by atoms with Crippen LogP contribution in [0.4, 0.5) is 0 Å². The molecule has 1 unspecified atom stereocenters.